The maximum absolute atomic E-state index is 12.9. The number of amides is 1. The molecule has 21 heavy (non-hydrogen) atoms. The molecule has 3 nitrogen and oxygen atoms in total. The van der Waals surface area contributed by atoms with Gasteiger partial charge >= 0.3 is 6.18 Å². The fraction of sp³-hybridized carbons (Fsp3) is 0.214. The lowest BCUT2D eigenvalue weighted by Gasteiger charge is -2.13. The summed E-state index contributed by atoms with van der Waals surface area (Å²) in [4.78, 5) is 11.9. The van der Waals surface area contributed by atoms with E-state index in [2.05, 4.69) is 21.2 Å². The molecule has 0 saturated carbocycles. The molecule has 0 bridgehead atoms. The summed E-state index contributed by atoms with van der Waals surface area (Å²) >= 11 is 2.97. The first-order valence-electron chi connectivity index (χ1n) is 6.05. The van der Waals surface area contributed by atoms with Gasteiger partial charge in [0.25, 0.3) is 5.91 Å². The summed E-state index contributed by atoms with van der Waals surface area (Å²) < 4.78 is 44.1. The van der Waals surface area contributed by atoms with Crippen molar-refractivity contribution in [3.8, 4) is 0 Å². The van der Waals surface area contributed by atoms with Crippen molar-refractivity contribution in [3.63, 3.8) is 0 Å². The normalized spacial score (nSPS) is 11.4. The Morgan fingerprint density at radius 2 is 2.05 bits per heavy atom. The predicted octanol–water partition coefficient (Wildman–Crippen LogP) is 4.03. The van der Waals surface area contributed by atoms with E-state index in [4.69, 9.17) is 4.42 Å². The quantitative estimate of drug-likeness (QED) is 0.892. The van der Waals surface area contributed by atoms with Gasteiger partial charge < -0.3 is 9.73 Å². The van der Waals surface area contributed by atoms with Crippen LogP contribution < -0.4 is 5.32 Å². The Labute approximate surface area is 127 Å². The molecule has 1 heterocycles. The van der Waals surface area contributed by atoms with Crippen molar-refractivity contribution in [1.29, 1.82) is 0 Å². The van der Waals surface area contributed by atoms with Crippen LogP contribution in [0.25, 0.3) is 0 Å². The summed E-state index contributed by atoms with van der Waals surface area (Å²) in [5.74, 6) is -0.108. The molecule has 1 aromatic carbocycles. The lowest BCUT2D eigenvalue weighted by atomic mass is 10.1. The van der Waals surface area contributed by atoms with Crippen LogP contribution >= 0.6 is 15.9 Å². The van der Waals surface area contributed by atoms with Crippen LogP contribution in [0.2, 0.25) is 0 Å². The van der Waals surface area contributed by atoms with Crippen LogP contribution in [0.4, 0.5) is 13.2 Å². The molecule has 112 valence electrons. The Morgan fingerprint density at radius 1 is 1.29 bits per heavy atom. The van der Waals surface area contributed by atoms with Crippen LogP contribution in [-0.4, -0.2) is 12.5 Å². The van der Waals surface area contributed by atoms with E-state index in [0.29, 0.717) is 12.2 Å². The summed E-state index contributed by atoms with van der Waals surface area (Å²) in [6.45, 7) is 0.194. The molecule has 0 spiro atoms. The average Bonchev–Trinajstić information content (AvgIpc) is 2.90. The van der Waals surface area contributed by atoms with Gasteiger partial charge in [-0.1, -0.05) is 15.9 Å². The molecule has 0 aliphatic rings. The molecule has 0 unspecified atom stereocenters. The Morgan fingerprint density at radius 3 is 2.67 bits per heavy atom. The van der Waals surface area contributed by atoms with E-state index in [9.17, 15) is 18.0 Å². The van der Waals surface area contributed by atoms with Crippen molar-refractivity contribution in [3.05, 3.63) is 58.0 Å². The zero-order chi connectivity index (χ0) is 15.5. The SMILES string of the molecule is O=C(NCCc1ccco1)c1ccc(Br)cc1C(F)(F)F. The first-order chi connectivity index (χ1) is 9.88. The van der Waals surface area contributed by atoms with Crippen molar-refractivity contribution in [2.75, 3.05) is 6.54 Å². The van der Waals surface area contributed by atoms with E-state index in [1.54, 1.807) is 12.1 Å². The number of hydrogen-bond acceptors (Lipinski definition) is 2. The van der Waals surface area contributed by atoms with Crippen LogP contribution in [0.3, 0.4) is 0 Å². The highest BCUT2D eigenvalue weighted by Crippen LogP contribution is 2.33. The number of carbonyl (C=O) groups is 1. The lowest BCUT2D eigenvalue weighted by molar-refractivity contribution is -0.138. The molecule has 0 atom stereocenters. The van der Waals surface area contributed by atoms with E-state index in [1.807, 2.05) is 0 Å². The molecular formula is C14H11BrF3NO2. The molecule has 0 aliphatic carbocycles. The standard InChI is InChI=1S/C14H11BrF3NO2/c15-9-3-4-11(12(8-9)14(16,17)18)13(20)19-6-5-10-2-1-7-21-10/h1-4,7-8H,5-6H2,(H,19,20). The zero-order valence-corrected chi connectivity index (χ0v) is 12.3. The maximum Gasteiger partial charge on any atom is 0.417 e. The minimum absolute atomic E-state index is 0.194. The minimum Gasteiger partial charge on any atom is -0.469 e. The highest BCUT2D eigenvalue weighted by Gasteiger charge is 2.35. The Balaban J connectivity index is 2.08. The van der Waals surface area contributed by atoms with Crippen molar-refractivity contribution in [2.24, 2.45) is 0 Å². The summed E-state index contributed by atoms with van der Waals surface area (Å²) in [5.41, 5.74) is -1.36. The van der Waals surface area contributed by atoms with Gasteiger partial charge in [-0.15, -0.1) is 0 Å². The molecule has 2 rings (SSSR count). The topological polar surface area (TPSA) is 42.2 Å². The number of nitrogens with one attached hydrogen (secondary N) is 1. The lowest BCUT2D eigenvalue weighted by Crippen LogP contribution is -2.28. The van der Waals surface area contributed by atoms with Gasteiger partial charge in [0.1, 0.15) is 5.76 Å². The molecular weight excluding hydrogens is 351 g/mol. The fourth-order valence-corrected chi connectivity index (χ4v) is 2.16. The first-order valence-corrected chi connectivity index (χ1v) is 6.84. The Kier molecular flexibility index (Phi) is 4.72. The van der Waals surface area contributed by atoms with Crippen LogP contribution in [0.5, 0.6) is 0 Å². The predicted molar refractivity (Wildman–Crippen MR) is 73.9 cm³/mol. The van der Waals surface area contributed by atoms with Crippen LogP contribution in [0.15, 0.2) is 45.5 Å². The Hall–Kier alpha value is -1.76. The average molecular weight is 362 g/mol. The van der Waals surface area contributed by atoms with Gasteiger partial charge in [0.2, 0.25) is 0 Å². The molecule has 1 amide bonds. The smallest absolute Gasteiger partial charge is 0.417 e. The monoisotopic (exact) mass is 361 g/mol. The second-order valence-corrected chi connectivity index (χ2v) is 5.19. The number of alkyl halides is 3. The third kappa shape index (κ3) is 4.10. The van der Waals surface area contributed by atoms with E-state index in [-0.39, 0.29) is 11.0 Å². The molecule has 0 aliphatic heterocycles. The highest BCUT2D eigenvalue weighted by molar-refractivity contribution is 9.10. The molecule has 7 heteroatoms. The fourth-order valence-electron chi connectivity index (χ4n) is 1.80. The number of hydrogen-bond donors (Lipinski definition) is 1. The van der Waals surface area contributed by atoms with Gasteiger partial charge in [-0.05, 0) is 30.3 Å². The van der Waals surface area contributed by atoms with Crippen molar-refractivity contribution in [2.45, 2.75) is 12.6 Å². The highest BCUT2D eigenvalue weighted by atomic mass is 79.9. The number of halogens is 4. The van der Waals surface area contributed by atoms with E-state index in [0.717, 1.165) is 12.1 Å². The summed E-state index contributed by atoms with van der Waals surface area (Å²) in [6, 6.07) is 6.87. The Bertz CT molecular complexity index is 624. The van der Waals surface area contributed by atoms with Gasteiger partial charge in [-0.3, -0.25) is 4.79 Å². The number of carbonyl (C=O) groups excluding carboxylic acids is 1. The number of furan rings is 1. The zero-order valence-electron chi connectivity index (χ0n) is 10.7. The van der Waals surface area contributed by atoms with E-state index >= 15 is 0 Å². The molecule has 0 radical (unpaired) electrons. The van der Waals surface area contributed by atoms with Crippen LogP contribution in [0, 0.1) is 0 Å². The summed E-state index contributed by atoms with van der Waals surface area (Å²) in [6.07, 6.45) is -2.68. The summed E-state index contributed by atoms with van der Waals surface area (Å²) in [5, 5.41) is 2.45. The number of rotatable bonds is 4. The second-order valence-electron chi connectivity index (χ2n) is 4.27. The van der Waals surface area contributed by atoms with Crippen molar-refractivity contribution >= 4 is 21.8 Å². The van der Waals surface area contributed by atoms with Gasteiger partial charge in [0.05, 0.1) is 17.4 Å². The van der Waals surface area contributed by atoms with Crippen LogP contribution in [0.1, 0.15) is 21.7 Å². The first kappa shape index (κ1) is 15.6. The van der Waals surface area contributed by atoms with Gasteiger partial charge in [0.15, 0.2) is 0 Å². The van der Waals surface area contributed by atoms with Gasteiger partial charge in [-0.25, -0.2) is 0 Å². The van der Waals surface area contributed by atoms with Crippen LogP contribution in [-0.2, 0) is 12.6 Å². The van der Waals surface area contributed by atoms with E-state index < -0.39 is 23.2 Å². The number of benzene rings is 1. The van der Waals surface area contributed by atoms with Gasteiger partial charge in [0, 0.05) is 17.4 Å². The molecule has 1 N–H and O–H groups in total. The second kappa shape index (κ2) is 6.34. The molecule has 0 saturated heterocycles. The molecule has 1 aromatic heterocycles. The summed E-state index contributed by atoms with van der Waals surface area (Å²) in [7, 11) is 0. The minimum atomic E-state index is -4.59. The molecule has 2 aromatic rings. The van der Waals surface area contributed by atoms with Crippen molar-refractivity contribution < 1.29 is 22.4 Å². The largest absolute Gasteiger partial charge is 0.469 e. The third-order valence-corrected chi connectivity index (χ3v) is 3.26. The van der Waals surface area contributed by atoms with Gasteiger partial charge in [-0.2, -0.15) is 13.2 Å². The van der Waals surface area contributed by atoms with Crippen molar-refractivity contribution in [1.82, 2.24) is 5.32 Å². The van der Waals surface area contributed by atoms with E-state index in [1.165, 1.54) is 12.3 Å². The maximum atomic E-state index is 12.9. The molecule has 0 fully saturated rings. The third-order valence-electron chi connectivity index (χ3n) is 2.77.